The summed E-state index contributed by atoms with van der Waals surface area (Å²) in [6, 6.07) is 15.7. The second kappa shape index (κ2) is 9.04. The van der Waals surface area contributed by atoms with Crippen LogP contribution >= 0.6 is 0 Å². The van der Waals surface area contributed by atoms with Crippen molar-refractivity contribution in [3.63, 3.8) is 0 Å². The molecule has 0 fully saturated rings. The predicted octanol–water partition coefficient (Wildman–Crippen LogP) is 4.38. The Labute approximate surface area is 164 Å². The number of hydrogen-bond donors (Lipinski definition) is 0. The van der Waals surface area contributed by atoms with Crippen molar-refractivity contribution < 1.29 is 19.1 Å². The SMILES string of the molecule is COC=C(C(=O)OC)c1ccccc1CON=C(C)C1=Cc2ccccc2C1. The largest absolute Gasteiger partial charge is 0.503 e. The molecule has 5 heteroatoms. The number of esters is 1. The van der Waals surface area contributed by atoms with Gasteiger partial charge in [-0.1, -0.05) is 53.7 Å². The van der Waals surface area contributed by atoms with Gasteiger partial charge < -0.3 is 14.3 Å². The van der Waals surface area contributed by atoms with Gasteiger partial charge in [0.25, 0.3) is 0 Å². The lowest BCUT2D eigenvalue weighted by Gasteiger charge is -2.11. The third kappa shape index (κ3) is 4.31. The summed E-state index contributed by atoms with van der Waals surface area (Å²) >= 11 is 0. The van der Waals surface area contributed by atoms with Gasteiger partial charge in [0.2, 0.25) is 0 Å². The highest BCUT2D eigenvalue weighted by atomic mass is 16.6. The average molecular weight is 377 g/mol. The number of fused-ring (bicyclic) bond motifs is 1. The van der Waals surface area contributed by atoms with E-state index in [9.17, 15) is 4.79 Å². The normalized spacial score (nSPS) is 13.6. The van der Waals surface area contributed by atoms with Gasteiger partial charge >= 0.3 is 5.97 Å². The van der Waals surface area contributed by atoms with Crippen LogP contribution in [0.5, 0.6) is 0 Å². The minimum Gasteiger partial charge on any atom is -0.503 e. The van der Waals surface area contributed by atoms with E-state index in [4.69, 9.17) is 14.3 Å². The minimum absolute atomic E-state index is 0.228. The molecule has 0 atom stereocenters. The summed E-state index contributed by atoms with van der Waals surface area (Å²) in [5, 5.41) is 4.28. The van der Waals surface area contributed by atoms with E-state index in [1.807, 2.05) is 43.3 Å². The topological polar surface area (TPSA) is 57.1 Å². The molecule has 5 nitrogen and oxygen atoms in total. The predicted molar refractivity (Wildman–Crippen MR) is 109 cm³/mol. The van der Waals surface area contributed by atoms with Gasteiger partial charge in [-0.05, 0) is 41.7 Å². The van der Waals surface area contributed by atoms with E-state index in [0.717, 1.165) is 23.3 Å². The molecule has 0 aliphatic heterocycles. The van der Waals surface area contributed by atoms with Crippen LogP contribution in [0.2, 0.25) is 0 Å². The summed E-state index contributed by atoms with van der Waals surface area (Å²) in [7, 11) is 2.83. The Morgan fingerprint density at radius 2 is 1.86 bits per heavy atom. The molecule has 0 bridgehead atoms. The first-order chi connectivity index (χ1) is 13.6. The molecule has 2 aromatic carbocycles. The molecule has 0 saturated heterocycles. The van der Waals surface area contributed by atoms with Gasteiger partial charge in [0.15, 0.2) is 0 Å². The van der Waals surface area contributed by atoms with E-state index < -0.39 is 5.97 Å². The standard InChI is InChI=1S/C23H23NO4/c1-16(20-12-17-8-4-5-9-18(17)13-20)24-28-14-19-10-6-7-11-21(19)22(15-26-2)23(25)27-3/h4-12,15H,13-14H2,1-3H3. The number of methoxy groups -OCH3 is 2. The lowest BCUT2D eigenvalue weighted by molar-refractivity contribution is -0.133. The highest BCUT2D eigenvalue weighted by molar-refractivity contribution is 6.16. The fourth-order valence-electron chi connectivity index (χ4n) is 3.13. The average Bonchev–Trinajstić information content (AvgIpc) is 3.16. The molecule has 0 saturated carbocycles. The van der Waals surface area contributed by atoms with Crippen molar-refractivity contribution in [2.24, 2.45) is 5.16 Å². The number of allylic oxidation sites excluding steroid dienone is 1. The number of hydrogen-bond acceptors (Lipinski definition) is 5. The van der Waals surface area contributed by atoms with Crippen LogP contribution in [0.1, 0.15) is 29.2 Å². The third-order valence-electron chi connectivity index (χ3n) is 4.60. The van der Waals surface area contributed by atoms with Crippen LogP contribution in [0, 0.1) is 0 Å². The maximum atomic E-state index is 12.1. The highest BCUT2D eigenvalue weighted by Crippen LogP contribution is 2.26. The van der Waals surface area contributed by atoms with Crippen molar-refractivity contribution in [1.29, 1.82) is 0 Å². The monoisotopic (exact) mass is 377 g/mol. The zero-order chi connectivity index (χ0) is 19.9. The van der Waals surface area contributed by atoms with Gasteiger partial charge in [0.1, 0.15) is 12.2 Å². The van der Waals surface area contributed by atoms with E-state index >= 15 is 0 Å². The van der Waals surface area contributed by atoms with Crippen LogP contribution in [0.15, 0.2) is 65.5 Å². The van der Waals surface area contributed by atoms with Crippen LogP contribution in [0.3, 0.4) is 0 Å². The lowest BCUT2D eigenvalue weighted by atomic mass is 10.0. The molecule has 144 valence electrons. The summed E-state index contributed by atoms with van der Waals surface area (Å²) < 4.78 is 9.89. The van der Waals surface area contributed by atoms with E-state index in [0.29, 0.717) is 11.1 Å². The van der Waals surface area contributed by atoms with Crippen LogP contribution in [-0.2, 0) is 32.1 Å². The zero-order valence-electron chi connectivity index (χ0n) is 16.3. The van der Waals surface area contributed by atoms with Crippen molar-refractivity contribution in [1.82, 2.24) is 0 Å². The molecule has 28 heavy (non-hydrogen) atoms. The molecule has 0 heterocycles. The molecule has 0 N–H and O–H groups in total. The molecule has 1 aliphatic carbocycles. The summed E-state index contributed by atoms with van der Waals surface area (Å²) in [6.07, 6.45) is 4.37. The number of benzene rings is 2. The number of carbonyl (C=O) groups is 1. The highest BCUT2D eigenvalue weighted by Gasteiger charge is 2.17. The summed E-state index contributed by atoms with van der Waals surface area (Å²) in [5.74, 6) is -0.470. The maximum absolute atomic E-state index is 12.1. The van der Waals surface area contributed by atoms with E-state index in [1.165, 1.54) is 31.6 Å². The minimum atomic E-state index is -0.470. The number of carbonyl (C=O) groups excluding carboxylic acids is 1. The number of rotatable bonds is 7. The molecular weight excluding hydrogens is 354 g/mol. The van der Waals surface area contributed by atoms with Gasteiger partial charge in [0.05, 0.1) is 26.2 Å². The number of ether oxygens (including phenoxy) is 2. The molecule has 0 radical (unpaired) electrons. The zero-order valence-corrected chi connectivity index (χ0v) is 16.3. The van der Waals surface area contributed by atoms with Crippen molar-refractivity contribution >= 4 is 23.3 Å². The van der Waals surface area contributed by atoms with Gasteiger partial charge in [-0.3, -0.25) is 0 Å². The molecule has 0 aromatic heterocycles. The second-order valence-electron chi connectivity index (χ2n) is 6.41. The Balaban J connectivity index is 1.73. The van der Waals surface area contributed by atoms with Crippen LogP contribution in [0.25, 0.3) is 11.6 Å². The maximum Gasteiger partial charge on any atom is 0.341 e. The Kier molecular flexibility index (Phi) is 6.27. The van der Waals surface area contributed by atoms with E-state index in [-0.39, 0.29) is 6.61 Å². The van der Waals surface area contributed by atoms with E-state index in [1.54, 1.807) is 0 Å². The first-order valence-electron chi connectivity index (χ1n) is 8.99. The first-order valence-corrected chi connectivity index (χ1v) is 8.99. The summed E-state index contributed by atoms with van der Waals surface area (Å²) in [6.45, 7) is 2.17. The Morgan fingerprint density at radius 1 is 1.11 bits per heavy atom. The Hall–Kier alpha value is -3.34. The Morgan fingerprint density at radius 3 is 2.61 bits per heavy atom. The lowest BCUT2D eigenvalue weighted by Crippen LogP contribution is -2.07. The first kappa shape index (κ1) is 19.4. The van der Waals surface area contributed by atoms with Gasteiger partial charge in [0, 0.05) is 5.56 Å². The quantitative estimate of drug-likeness (QED) is 0.236. The van der Waals surface area contributed by atoms with Crippen molar-refractivity contribution in [2.45, 2.75) is 20.0 Å². The van der Waals surface area contributed by atoms with Crippen molar-refractivity contribution in [3.05, 3.63) is 82.6 Å². The third-order valence-corrected chi connectivity index (χ3v) is 4.60. The van der Waals surface area contributed by atoms with Crippen molar-refractivity contribution in [2.75, 3.05) is 14.2 Å². The number of oxime groups is 1. The van der Waals surface area contributed by atoms with Gasteiger partial charge in [-0.25, -0.2) is 4.79 Å². The van der Waals surface area contributed by atoms with Crippen LogP contribution < -0.4 is 0 Å². The smallest absolute Gasteiger partial charge is 0.341 e. The molecular formula is C23H23NO4. The second-order valence-corrected chi connectivity index (χ2v) is 6.41. The fraction of sp³-hybridized carbons (Fsp3) is 0.217. The van der Waals surface area contributed by atoms with Gasteiger partial charge in [-0.2, -0.15) is 0 Å². The number of nitrogens with zero attached hydrogens (tertiary/aromatic N) is 1. The molecule has 2 aromatic rings. The van der Waals surface area contributed by atoms with Crippen LogP contribution in [-0.4, -0.2) is 25.9 Å². The molecule has 1 aliphatic rings. The molecule has 0 spiro atoms. The van der Waals surface area contributed by atoms with Gasteiger partial charge in [-0.15, -0.1) is 0 Å². The van der Waals surface area contributed by atoms with Crippen molar-refractivity contribution in [3.8, 4) is 0 Å². The Bertz CT molecular complexity index is 957. The van der Waals surface area contributed by atoms with E-state index in [2.05, 4.69) is 23.4 Å². The summed E-state index contributed by atoms with van der Waals surface area (Å²) in [5.41, 5.74) is 6.35. The van der Waals surface area contributed by atoms with Crippen LogP contribution in [0.4, 0.5) is 0 Å². The summed E-state index contributed by atoms with van der Waals surface area (Å²) in [4.78, 5) is 17.7. The molecule has 0 amide bonds. The fourth-order valence-corrected chi connectivity index (χ4v) is 3.13. The molecule has 0 unspecified atom stereocenters. The molecule has 3 rings (SSSR count).